The Bertz CT molecular complexity index is 596. The zero-order valence-corrected chi connectivity index (χ0v) is 10.9. The quantitative estimate of drug-likeness (QED) is 0.893. The highest BCUT2D eigenvalue weighted by Crippen LogP contribution is 2.76. The van der Waals surface area contributed by atoms with Crippen LogP contribution < -0.4 is 5.32 Å². The summed E-state index contributed by atoms with van der Waals surface area (Å²) < 4.78 is 32.5. The van der Waals surface area contributed by atoms with E-state index in [1.807, 2.05) is 0 Å². The molecule has 3 aliphatic rings. The number of ether oxygens (including phenoxy) is 1. The zero-order chi connectivity index (χ0) is 15.3. The van der Waals surface area contributed by atoms with Crippen molar-refractivity contribution in [1.29, 1.82) is 0 Å². The molecule has 0 radical (unpaired) electrons. The zero-order valence-electron chi connectivity index (χ0n) is 10.9. The lowest BCUT2D eigenvalue weighted by molar-refractivity contribution is -0.357. The average Bonchev–Trinajstić information content (AvgIpc) is 2.41. The number of carbonyl (C=O) groups is 2. The second kappa shape index (κ2) is 4.16. The molecule has 2 N–H and O–H groups in total. The number of amides is 1. The van der Waals surface area contributed by atoms with Crippen molar-refractivity contribution >= 4 is 12.1 Å². The number of nitrogens with one attached hydrogen (secondary N) is 1. The van der Waals surface area contributed by atoms with E-state index in [1.165, 1.54) is 0 Å². The monoisotopic (exact) mass is 297 g/mol. The fourth-order valence-electron chi connectivity index (χ4n) is 3.07. The number of rotatable bonds is 4. The van der Waals surface area contributed by atoms with Crippen LogP contribution in [0.5, 0.6) is 0 Å². The second-order valence-corrected chi connectivity index (χ2v) is 5.58. The van der Waals surface area contributed by atoms with Gasteiger partial charge in [0.15, 0.2) is 0 Å². The van der Waals surface area contributed by atoms with Crippen molar-refractivity contribution in [3.63, 3.8) is 0 Å². The van der Waals surface area contributed by atoms with E-state index in [0.717, 1.165) is 5.56 Å². The number of halogens is 2. The summed E-state index contributed by atoms with van der Waals surface area (Å²) in [5, 5.41) is 11.0. The molecule has 0 atom stereocenters. The molecule has 1 aromatic carbocycles. The molecule has 0 aliphatic heterocycles. The van der Waals surface area contributed by atoms with Crippen LogP contribution in [0.15, 0.2) is 30.3 Å². The first-order chi connectivity index (χ1) is 9.83. The third kappa shape index (κ3) is 1.66. The molecule has 3 aliphatic carbocycles. The molecular weight excluding hydrogens is 284 g/mol. The average molecular weight is 297 g/mol. The largest absolute Gasteiger partial charge is 0.481 e. The van der Waals surface area contributed by atoms with Gasteiger partial charge in [0.25, 0.3) is 5.92 Å². The van der Waals surface area contributed by atoms with Crippen LogP contribution in [0.25, 0.3) is 0 Å². The van der Waals surface area contributed by atoms with Crippen LogP contribution in [0.2, 0.25) is 0 Å². The Hall–Kier alpha value is -2.18. The van der Waals surface area contributed by atoms with Gasteiger partial charge in [-0.1, -0.05) is 30.3 Å². The Labute approximate surface area is 118 Å². The molecule has 0 unspecified atom stereocenters. The highest BCUT2D eigenvalue weighted by molar-refractivity contribution is 5.84. The summed E-state index contributed by atoms with van der Waals surface area (Å²) in [4.78, 5) is 22.5. The van der Waals surface area contributed by atoms with E-state index in [-0.39, 0.29) is 19.4 Å². The Balaban J connectivity index is 1.57. The van der Waals surface area contributed by atoms with Gasteiger partial charge < -0.3 is 15.2 Å². The maximum Gasteiger partial charge on any atom is 0.408 e. The summed E-state index contributed by atoms with van der Waals surface area (Å²) in [6, 6.07) is 8.81. The molecule has 4 rings (SSSR count). The van der Waals surface area contributed by atoms with Crippen LogP contribution in [0.4, 0.5) is 13.6 Å². The number of carboxylic acids is 1. The summed E-state index contributed by atoms with van der Waals surface area (Å²) in [5.74, 6) is -4.95. The highest BCUT2D eigenvalue weighted by Gasteiger charge is 2.92. The molecule has 21 heavy (non-hydrogen) atoms. The number of carboxylic acid groups (broad SMARTS) is 1. The first-order valence-electron chi connectivity index (χ1n) is 6.43. The maximum atomic E-state index is 13.8. The van der Waals surface area contributed by atoms with Gasteiger partial charge in [0, 0.05) is 0 Å². The van der Waals surface area contributed by atoms with Crippen LogP contribution in [0.1, 0.15) is 18.4 Å². The van der Waals surface area contributed by atoms with E-state index < -0.39 is 28.9 Å². The van der Waals surface area contributed by atoms with Gasteiger partial charge in [-0.2, -0.15) is 0 Å². The molecule has 0 aromatic heterocycles. The van der Waals surface area contributed by atoms with Crippen LogP contribution in [-0.4, -0.2) is 28.6 Å². The van der Waals surface area contributed by atoms with E-state index in [1.54, 1.807) is 30.3 Å². The van der Waals surface area contributed by atoms with Crippen LogP contribution in [-0.2, 0) is 16.1 Å². The summed E-state index contributed by atoms with van der Waals surface area (Å²) in [6.45, 7) is -0.0294. The summed E-state index contributed by atoms with van der Waals surface area (Å²) >= 11 is 0. The summed E-state index contributed by atoms with van der Waals surface area (Å²) in [6.07, 6.45) is -1.48. The van der Waals surface area contributed by atoms with Gasteiger partial charge in [-0.05, 0) is 18.4 Å². The predicted molar refractivity (Wildman–Crippen MR) is 66.7 cm³/mol. The first kappa shape index (κ1) is 13.8. The predicted octanol–water partition coefficient (Wildman–Crippen LogP) is 2.17. The molecule has 1 aromatic rings. The van der Waals surface area contributed by atoms with Crippen molar-refractivity contribution < 1.29 is 28.2 Å². The minimum Gasteiger partial charge on any atom is -0.481 e. The van der Waals surface area contributed by atoms with E-state index >= 15 is 0 Å². The minimum atomic E-state index is -3.43. The van der Waals surface area contributed by atoms with Gasteiger partial charge in [-0.25, -0.2) is 13.6 Å². The molecule has 0 heterocycles. The van der Waals surface area contributed by atoms with Gasteiger partial charge in [0.2, 0.25) is 0 Å². The number of hydrogen-bond donors (Lipinski definition) is 2. The molecule has 1 amide bonds. The third-order valence-electron chi connectivity index (χ3n) is 4.37. The molecule has 3 saturated carbocycles. The van der Waals surface area contributed by atoms with Crippen molar-refractivity contribution in [2.75, 3.05) is 0 Å². The maximum absolute atomic E-state index is 13.8. The number of alkyl halides is 2. The number of benzene rings is 1. The van der Waals surface area contributed by atoms with Gasteiger partial charge in [-0.15, -0.1) is 0 Å². The lowest BCUT2D eigenvalue weighted by Crippen LogP contribution is -2.91. The lowest BCUT2D eigenvalue weighted by Gasteiger charge is -2.72. The number of alkyl carbamates (subject to hydrolysis) is 1. The molecule has 0 saturated heterocycles. The van der Waals surface area contributed by atoms with Crippen molar-refractivity contribution in [2.24, 2.45) is 5.41 Å². The summed E-state index contributed by atoms with van der Waals surface area (Å²) in [7, 11) is 0. The SMILES string of the molecule is O=C(NC12CC(C(=O)O)(C1)C2(F)F)OCc1ccccc1. The minimum absolute atomic E-state index is 0.0294. The van der Waals surface area contributed by atoms with E-state index in [4.69, 9.17) is 9.84 Å². The van der Waals surface area contributed by atoms with Crippen LogP contribution in [0.3, 0.4) is 0 Å². The van der Waals surface area contributed by atoms with Crippen molar-refractivity contribution in [1.82, 2.24) is 5.32 Å². The molecule has 3 fully saturated rings. The Morgan fingerprint density at radius 3 is 2.38 bits per heavy atom. The molecule has 7 heteroatoms. The Kier molecular flexibility index (Phi) is 2.73. The smallest absolute Gasteiger partial charge is 0.408 e. The van der Waals surface area contributed by atoms with Gasteiger partial charge in [-0.3, -0.25) is 4.79 Å². The topological polar surface area (TPSA) is 75.6 Å². The third-order valence-corrected chi connectivity index (χ3v) is 4.37. The van der Waals surface area contributed by atoms with Crippen LogP contribution in [0, 0.1) is 5.41 Å². The van der Waals surface area contributed by atoms with Gasteiger partial charge >= 0.3 is 12.1 Å². The Morgan fingerprint density at radius 2 is 1.86 bits per heavy atom. The van der Waals surface area contributed by atoms with Crippen molar-refractivity contribution in [3.05, 3.63) is 35.9 Å². The standard InChI is InChI=1S/C14H13F2NO4/c15-14(16)12(10(18)19)7-13(14,8-12)17-11(20)21-6-9-4-2-1-3-5-9/h1-5H,6-8H2,(H,17,20)(H,18,19). The number of hydrogen-bond acceptors (Lipinski definition) is 3. The number of carbonyl (C=O) groups excluding carboxylic acids is 1. The molecule has 5 nitrogen and oxygen atoms in total. The Morgan fingerprint density at radius 1 is 1.24 bits per heavy atom. The molecular formula is C14H13F2NO4. The van der Waals surface area contributed by atoms with Gasteiger partial charge in [0.05, 0.1) is 0 Å². The molecule has 2 bridgehead atoms. The van der Waals surface area contributed by atoms with Crippen molar-refractivity contribution in [3.8, 4) is 0 Å². The first-order valence-corrected chi connectivity index (χ1v) is 6.43. The van der Waals surface area contributed by atoms with E-state index in [9.17, 15) is 18.4 Å². The normalized spacial score (nSPS) is 31.5. The van der Waals surface area contributed by atoms with Crippen LogP contribution >= 0.6 is 0 Å². The number of aliphatic carboxylic acids is 1. The fourth-order valence-corrected chi connectivity index (χ4v) is 3.07. The van der Waals surface area contributed by atoms with Crippen molar-refractivity contribution in [2.45, 2.75) is 30.9 Å². The molecule has 0 spiro atoms. The molecule has 112 valence electrons. The van der Waals surface area contributed by atoms with E-state index in [0.29, 0.717) is 0 Å². The second-order valence-electron chi connectivity index (χ2n) is 5.58. The fraction of sp³-hybridized carbons (Fsp3) is 0.429. The van der Waals surface area contributed by atoms with Gasteiger partial charge in [0.1, 0.15) is 17.6 Å². The van der Waals surface area contributed by atoms with E-state index in [2.05, 4.69) is 5.32 Å². The summed E-state index contributed by atoms with van der Waals surface area (Å²) in [5.41, 5.74) is -3.04. The lowest BCUT2D eigenvalue weighted by atomic mass is 9.36. The highest BCUT2D eigenvalue weighted by atomic mass is 19.3.